The summed E-state index contributed by atoms with van der Waals surface area (Å²) >= 11 is 0. The molecule has 2 aromatic rings. The quantitative estimate of drug-likeness (QED) is 0.843. The van der Waals surface area contributed by atoms with E-state index >= 15 is 0 Å². The van der Waals surface area contributed by atoms with Crippen LogP contribution in [0.25, 0.3) is 6.08 Å². The molecule has 1 heterocycles. The number of hydrogen-bond donors (Lipinski definition) is 1. The number of benzene rings is 2. The number of ketones is 1. The summed E-state index contributed by atoms with van der Waals surface area (Å²) < 4.78 is 0. The van der Waals surface area contributed by atoms with E-state index in [1.165, 1.54) is 4.90 Å². The fraction of sp³-hybridized carbons (Fsp3) is 0.143. The minimum absolute atomic E-state index is 0.115. The SMILES string of the molecule is CCN1C=C(C(=O)/C=C/c2ccccc2)[C@@H](c2ccccc2)NC1=O. The molecule has 126 valence electrons. The Morgan fingerprint density at radius 3 is 2.36 bits per heavy atom. The second-order valence-corrected chi connectivity index (χ2v) is 5.77. The maximum atomic E-state index is 12.8. The van der Waals surface area contributed by atoms with Crippen LogP contribution in [-0.2, 0) is 4.79 Å². The number of allylic oxidation sites excluding steroid dienone is 1. The number of amides is 2. The molecule has 1 N–H and O–H groups in total. The van der Waals surface area contributed by atoms with Crippen molar-refractivity contribution in [2.75, 3.05) is 6.54 Å². The van der Waals surface area contributed by atoms with Gasteiger partial charge in [0.25, 0.3) is 0 Å². The van der Waals surface area contributed by atoms with Crippen molar-refractivity contribution in [1.29, 1.82) is 0 Å². The number of nitrogens with zero attached hydrogens (tertiary/aromatic N) is 1. The van der Waals surface area contributed by atoms with E-state index in [1.54, 1.807) is 18.4 Å². The molecule has 4 nitrogen and oxygen atoms in total. The molecule has 25 heavy (non-hydrogen) atoms. The molecule has 0 aliphatic carbocycles. The number of nitrogens with one attached hydrogen (secondary N) is 1. The van der Waals surface area contributed by atoms with E-state index in [0.29, 0.717) is 12.1 Å². The van der Waals surface area contributed by atoms with Gasteiger partial charge in [0.05, 0.1) is 6.04 Å². The fourth-order valence-electron chi connectivity index (χ4n) is 2.77. The molecule has 0 bridgehead atoms. The van der Waals surface area contributed by atoms with Crippen LogP contribution < -0.4 is 5.32 Å². The van der Waals surface area contributed by atoms with Crippen LogP contribution in [0, 0.1) is 0 Å². The fourth-order valence-corrected chi connectivity index (χ4v) is 2.77. The lowest BCUT2D eigenvalue weighted by Gasteiger charge is -2.31. The van der Waals surface area contributed by atoms with E-state index < -0.39 is 6.04 Å². The highest BCUT2D eigenvalue weighted by Crippen LogP contribution is 2.27. The third-order valence-electron chi connectivity index (χ3n) is 4.12. The van der Waals surface area contributed by atoms with Gasteiger partial charge in [-0.3, -0.25) is 4.79 Å². The van der Waals surface area contributed by atoms with Crippen LogP contribution in [0.5, 0.6) is 0 Å². The largest absolute Gasteiger partial charge is 0.327 e. The molecule has 0 saturated carbocycles. The Kier molecular flexibility index (Phi) is 5.09. The summed E-state index contributed by atoms with van der Waals surface area (Å²) in [6.45, 7) is 2.38. The first kappa shape index (κ1) is 16.7. The lowest BCUT2D eigenvalue weighted by molar-refractivity contribution is -0.111. The Morgan fingerprint density at radius 2 is 1.72 bits per heavy atom. The second-order valence-electron chi connectivity index (χ2n) is 5.77. The Labute approximate surface area is 147 Å². The third-order valence-corrected chi connectivity index (χ3v) is 4.12. The number of carbonyl (C=O) groups excluding carboxylic acids is 2. The molecule has 0 fully saturated rings. The van der Waals surface area contributed by atoms with Crippen molar-refractivity contribution in [3.8, 4) is 0 Å². The van der Waals surface area contributed by atoms with Crippen LogP contribution in [-0.4, -0.2) is 23.3 Å². The van der Waals surface area contributed by atoms with Gasteiger partial charge < -0.3 is 10.2 Å². The molecule has 4 heteroatoms. The van der Waals surface area contributed by atoms with E-state index in [9.17, 15) is 9.59 Å². The number of urea groups is 1. The average Bonchev–Trinajstić information content (AvgIpc) is 2.67. The molecule has 0 radical (unpaired) electrons. The molecular weight excluding hydrogens is 312 g/mol. The van der Waals surface area contributed by atoms with Crippen molar-refractivity contribution < 1.29 is 9.59 Å². The normalized spacial score (nSPS) is 17.3. The first-order valence-corrected chi connectivity index (χ1v) is 8.30. The second kappa shape index (κ2) is 7.62. The van der Waals surface area contributed by atoms with E-state index in [4.69, 9.17) is 0 Å². The van der Waals surface area contributed by atoms with Crippen molar-refractivity contribution in [3.63, 3.8) is 0 Å². The summed E-state index contributed by atoms with van der Waals surface area (Å²) in [5, 5.41) is 2.93. The Morgan fingerprint density at radius 1 is 1.08 bits per heavy atom. The average molecular weight is 332 g/mol. The zero-order valence-electron chi connectivity index (χ0n) is 14.1. The smallest absolute Gasteiger partial charge is 0.322 e. The first-order chi connectivity index (χ1) is 12.2. The molecule has 2 amide bonds. The highest BCUT2D eigenvalue weighted by Gasteiger charge is 2.29. The molecule has 3 rings (SSSR count). The highest BCUT2D eigenvalue weighted by atomic mass is 16.2. The van der Waals surface area contributed by atoms with Gasteiger partial charge in [-0.25, -0.2) is 4.79 Å². The van der Waals surface area contributed by atoms with Crippen LogP contribution in [0.1, 0.15) is 24.1 Å². The summed E-state index contributed by atoms with van der Waals surface area (Å²) in [4.78, 5) is 26.5. The van der Waals surface area contributed by atoms with Crippen molar-refractivity contribution in [2.45, 2.75) is 13.0 Å². The lowest BCUT2D eigenvalue weighted by atomic mass is 9.94. The molecule has 0 aromatic heterocycles. The zero-order chi connectivity index (χ0) is 17.6. The van der Waals surface area contributed by atoms with Crippen LogP contribution in [0.2, 0.25) is 0 Å². The monoisotopic (exact) mass is 332 g/mol. The van der Waals surface area contributed by atoms with Gasteiger partial charge in [0.1, 0.15) is 0 Å². The van der Waals surface area contributed by atoms with Crippen molar-refractivity contribution >= 4 is 17.9 Å². The van der Waals surface area contributed by atoms with E-state index in [2.05, 4.69) is 5.32 Å². The van der Waals surface area contributed by atoms with E-state index in [1.807, 2.05) is 67.6 Å². The molecule has 0 spiro atoms. The predicted molar refractivity (Wildman–Crippen MR) is 98.7 cm³/mol. The molecule has 2 aromatic carbocycles. The van der Waals surface area contributed by atoms with Crippen molar-refractivity contribution in [2.24, 2.45) is 0 Å². The Bertz CT molecular complexity index is 810. The number of carbonyl (C=O) groups is 2. The van der Waals surface area contributed by atoms with Crippen molar-refractivity contribution in [3.05, 3.63) is 89.6 Å². The maximum absolute atomic E-state index is 12.8. The van der Waals surface area contributed by atoms with Gasteiger partial charge in [-0.15, -0.1) is 0 Å². The molecule has 1 atom stereocenters. The van der Waals surface area contributed by atoms with Gasteiger partial charge in [-0.1, -0.05) is 66.7 Å². The van der Waals surface area contributed by atoms with Crippen LogP contribution >= 0.6 is 0 Å². The molecule has 1 aliphatic heterocycles. The van der Waals surface area contributed by atoms with Gasteiger partial charge >= 0.3 is 6.03 Å². The van der Waals surface area contributed by atoms with Gasteiger partial charge in [0, 0.05) is 18.3 Å². The summed E-state index contributed by atoms with van der Waals surface area (Å²) in [6.07, 6.45) is 5.01. The van der Waals surface area contributed by atoms with Gasteiger partial charge in [-0.2, -0.15) is 0 Å². The van der Waals surface area contributed by atoms with E-state index in [0.717, 1.165) is 11.1 Å². The van der Waals surface area contributed by atoms with Crippen LogP contribution in [0.15, 0.2) is 78.5 Å². The third kappa shape index (κ3) is 3.86. The van der Waals surface area contributed by atoms with Crippen LogP contribution in [0.3, 0.4) is 0 Å². The summed E-state index contributed by atoms with van der Waals surface area (Å²) in [6, 6.07) is 18.6. The summed E-state index contributed by atoms with van der Waals surface area (Å²) in [7, 11) is 0. The van der Waals surface area contributed by atoms with Gasteiger partial charge in [0.2, 0.25) is 0 Å². The summed E-state index contributed by atoms with van der Waals surface area (Å²) in [5.74, 6) is -0.115. The Hall–Kier alpha value is -3.14. The molecule has 0 unspecified atom stereocenters. The maximum Gasteiger partial charge on any atom is 0.322 e. The van der Waals surface area contributed by atoms with Crippen molar-refractivity contribution in [1.82, 2.24) is 10.2 Å². The lowest BCUT2D eigenvalue weighted by Crippen LogP contribution is -2.44. The topological polar surface area (TPSA) is 49.4 Å². The van der Waals surface area contributed by atoms with Crippen LogP contribution in [0.4, 0.5) is 4.79 Å². The number of rotatable bonds is 5. The highest BCUT2D eigenvalue weighted by molar-refractivity contribution is 6.08. The standard InChI is InChI=1S/C21H20N2O2/c1-2-23-15-18(19(24)14-13-16-9-5-3-6-10-16)20(22-21(23)25)17-11-7-4-8-12-17/h3-15,20H,2H2,1H3,(H,22,25)/b14-13+/t20-/m1/s1. The molecule has 0 saturated heterocycles. The molecule has 1 aliphatic rings. The molecular formula is C21H20N2O2. The minimum Gasteiger partial charge on any atom is -0.327 e. The summed E-state index contributed by atoms with van der Waals surface area (Å²) in [5.41, 5.74) is 2.40. The zero-order valence-corrected chi connectivity index (χ0v) is 14.1. The Balaban J connectivity index is 1.92. The van der Waals surface area contributed by atoms with Gasteiger partial charge in [-0.05, 0) is 24.1 Å². The minimum atomic E-state index is -0.440. The first-order valence-electron chi connectivity index (χ1n) is 8.30. The predicted octanol–water partition coefficient (Wildman–Crippen LogP) is 3.94. The van der Waals surface area contributed by atoms with E-state index in [-0.39, 0.29) is 11.8 Å². The van der Waals surface area contributed by atoms with Gasteiger partial charge in [0.15, 0.2) is 5.78 Å². The number of hydrogen-bond acceptors (Lipinski definition) is 2.